The van der Waals surface area contributed by atoms with E-state index in [1.807, 2.05) is 13.8 Å². The Morgan fingerprint density at radius 3 is 2.60 bits per heavy atom. The minimum atomic E-state index is -0.876. The van der Waals surface area contributed by atoms with Gasteiger partial charge in [-0.05, 0) is 25.2 Å². The molecule has 0 bridgehead atoms. The molecular weight excluding hydrogens is 260 g/mol. The largest absolute Gasteiger partial charge is 0.481 e. The van der Waals surface area contributed by atoms with Crippen molar-refractivity contribution in [2.45, 2.75) is 39.2 Å². The van der Waals surface area contributed by atoms with Crippen LogP contribution in [0.1, 0.15) is 33.1 Å². The van der Waals surface area contributed by atoms with E-state index in [2.05, 4.69) is 5.32 Å². The second-order valence-electron chi connectivity index (χ2n) is 5.74. The molecule has 1 aliphatic rings. The van der Waals surface area contributed by atoms with Crippen molar-refractivity contribution in [3.63, 3.8) is 0 Å². The minimum Gasteiger partial charge on any atom is -0.481 e. The third kappa shape index (κ3) is 5.36. The molecule has 0 aromatic heterocycles. The Labute approximate surface area is 120 Å². The second-order valence-corrected chi connectivity index (χ2v) is 5.74. The molecule has 6 heteroatoms. The first-order chi connectivity index (χ1) is 9.41. The molecule has 116 valence electrons. The van der Waals surface area contributed by atoms with Crippen molar-refractivity contribution in [1.29, 1.82) is 0 Å². The van der Waals surface area contributed by atoms with Gasteiger partial charge in [0.15, 0.2) is 0 Å². The Balaban J connectivity index is 2.35. The van der Waals surface area contributed by atoms with Crippen LogP contribution in [0.3, 0.4) is 0 Å². The predicted molar refractivity (Wildman–Crippen MR) is 75.6 cm³/mol. The van der Waals surface area contributed by atoms with E-state index in [9.17, 15) is 9.59 Å². The lowest BCUT2D eigenvalue weighted by Gasteiger charge is -2.28. The van der Waals surface area contributed by atoms with E-state index in [4.69, 9.17) is 9.84 Å². The lowest BCUT2D eigenvalue weighted by molar-refractivity contribution is -0.142. The Bertz CT molecular complexity index is 327. The molecule has 0 saturated carbocycles. The first-order valence-corrected chi connectivity index (χ1v) is 7.25. The van der Waals surface area contributed by atoms with Gasteiger partial charge in [-0.25, -0.2) is 4.79 Å². The van der Waals surface area contributed by atoms with Gasteiger partial charge < -0.3 is 20.1 Å². The van der Waals surface area contributed by atoms with E-state index in [1.165, 1.54) is 0 Å². The molecule has 2 atom stereocenters. The number of amides is 2. The quantitative estimate of drug-likeness (QED) is 0.776. The normalized spacial score (nSPS) is 20.5. The average molecular weight is 286 g/mol. The van der Waals surface area contributed by atoms with Crippen molar-refractivity contribution in [2.75, 3.05) is 26.7 Å². The summed E-state index contributed by atoms with van der Waals surface area (Å²) >= 11 is 0. The molecule has 1 rings (SSSR count). The topological polar surface area (TPSA) is 78.9 Å². The van der Waals surface area contributed by atoms with Crippen molar-refractivity contribution < 1.29 is 19.4 Å². The van der Waals surface area contributed by atoms with Gasteiger partial charge in [-0.1, -0.05) is 13.8 Å². The van der Waals surface area contributed by atoms with Crippen molar-refractivity contribution in [1.82, 2.24) is 10.2 Å². The zero-order valence-corrected chi connectivity index (χ0v) is 12.6. The summed E-state index contributed by atoms with van der Waals surface area (Å²) in [4.78, 5) is 24.6. The lowest BCUT2D eigenvalue weighted by Crippen LogP contribution is -2.45. The number of likely N-dealkylation sites (N-methyl/N-ethyl adjacent to an activating group) is 1. The Hall–Kier alpha value is -1.30. The van der Waals surface area contributed by atoms with Crippen molar-refractivity contribution in [3.8, 4) is 0 Å². The molecular formula is C14H26N2O4. The molecule has 2 unspecified atom stereocenters. The van der Waals surface area contributed by atoms with Crippen LogP contribution in [-0.4, -0.2) is 54.9 Å². The molecule has 1 aliphatic heterocycles. The summed E-state index contributed by atoms with van der Waals surface area (Å²) in [5.41, 5.74) is 0. The smallest absolute Gasteiger partial charge is 0.317 e. The highest BCUT2D eigenvalue weighted by atomic mass is 16.5. The molecule has 0 aromatic carbocycles. The molecule has 20 heavy (non-hydrogen) atoms. The SMILES string of the molecule is CC(C)C(CNC(=O)N(C)CC1CCCCO1)C(=O)O. The van der Waals surface area contributed by atoms with Crippen LogP contribution in [-0.2, 0) is 9.53 Å². The number of nitrogens with zero attached hydrogens (tertiary/aromatic N) is 1. The lowest BCUT2D eigenvalue weighted by atomic mass is 9.96. The van der Waals surface area contributed by atoms with Gasteiger partial charge >= 0.3 is 12.0 Å². The summed E-state index contributed by atoms with van der Waals surface area (Å²) in [6.45, 7) is 5.14. The number of aliphatic carboxylic acids is 1. The van der Waals surface area contributed by atoms with Crippen LogP contribution < -0.4 is 5.32 Å². The van der Waals surface area contributed by atoms with Gasteiger partial charge in [-0.2, -0.15) is 0 Å². The summed E-state index contributed by atoms with van der Waals surface area (Å²) in [5.74, 6) is -1.45. The molecule has 0 aliphatic carbocycles. The number of carbonyl (C=O) groups excluding carboxylic acids is 1. The highest BCUT2D eigenvalue weighted by Crippen LogP contribution is 2.13. The maximum absolute atomic E-state index is 11.9. The number of carboxylic acids is 1. The van der Waals surface area contributed by atoms with Gasteiger partial charge in [-0.15, -0.1) is 0 Å². The van der Waals surface area contributed by atoms with Gasteiger partial charge in [-0.3, -0.25) is 4.79 Å². The number of hydrogen-bond donors (Lipinski definition) is 2. The number of rotatable bonds is 6. The number of carboxylic acid groups (broad SMARTS) is 1. The van der Waals surface area contributed by atoms with Crippen molar-refractivity contribution >= 4 is 12.0 Å². The zero-order valence-electron chi connectivity index (χ0n) is 12.6. The highest BCUT2D eigenvalue weighted by Gasteiger charge is 2.23. The van der Waals surface area contributed by atoms with E-state index in [-0.39, 0.29) is 24.6 Å². The second kappa shape index (κ2) is 8.09. The van der Waals surface area contributed by atoms with E-state index >= 15 is 0 Å². The van der Waals surface area contributed by atoms with E-state index in [1.54, 1.807) is 11.9 Å². The first-order valence-electron chi connectivity index (χ1n) is 7.25. The molecule has 6 nitrogen and oxygen atoms in total. The highest BCUT2D eigenvalue weighted by molar-refractivity contribution is 5.75. The predicted octanol–water partition coefficient (Wildman–Crippen LogP) is 1.55. The number of hydrogen-bond acceptors (Lipinski definition) is 3. The van der Waals surface area contributed by atoms with Crippen LogP contribution in [0.25, 0.3) is 0 Å². The van der Waals surface area contributed by atoms with Gasteiger partial charge in [0.2, 0.25) is 0 Å². The third-order valence-electron chi connectivity index (χ3n) is 3.69. The maximum atomic E-state index is 11.9. The molecule has 1 heterocycles. The fourth-order valence-corrected chi connectivity index (χ4v) is 2.28. The van der Waals surface area contributed by atoms with Crippen LogP contribution in [0, 0.1) is 11.8 Å². The minimum absolute atomic E-state index is 0.0141. The summed E-state index contributed by atoms with van der Waals surface area (Å²) in [7, 11) is 1.71. The zero-order chi connectivity index (χ0) is 15.1. The van der Waals surface area contributed by atoms with Crippen molar-refractivity contribution in [2.24, 2.45) is 11.8 Å². The van der Waals surface area contributed by atoms with Crippen LogP contribution >= 0.6 is 0 Å². The molecule has 2 amide bonds. The molecule has 2 N–H and O–H groups in total. The summed E-state index contributed by atoms with van der Waals surface area (Å²) < 4.78 is 5.59. The number of urea groups is 1. The fraction of sp³-hybridized carbons (Fsp3) is 0.857. The van der Waals surface area contributed by atoms with E-state index < -0.39 is 11.9 Å². The summed E-state index contributed by atoms with van der Waals surface area (Å²) in [6.07, 6.45) is 3.29. The van der Waals surface area contributed by atoms with E-state index in [0.717, 1.165) is 25.9 Å². The van der Waals surface area contributed by atoms with Crippen LogP contribution in [0.5, 0.6) is 0 Å². The Morgan fingerprint density at radius 1 is 1.40 bits per heavy atom. The van der Waals surface area contributed by atoms with Crippen molar-refractivity contribution in [3.05, 3.63) is 0 Å². The van der Waals surface area contributed by atoms with Crippen LogP contribution in [0.4, 0.5) is 4.79 Å². The van der Waals surface area contributed by atoms with E-state index in [0.29, 0.717) is 6.54 Å². The van der Waals surface area contributed by atoms with Crippen LogP contribution in [0.2, 0.25) is 0 Å². The summed E-state index contributed by atoms with van der Waals surface area (Å²) in [5, 5.41) is 11.8. The van der Waals surface area contributed by atoms with Crippen LogP contribution in [0.15, 0.2) is 0 Å². The Kier molecular flexibility index (Phi) is 6.78. The number of nitrogens with one attached hydrogen (secondary N) is 1. The third-order valence-corrected chi connectivity index (χ3v) is 3.69. The number of ether oxygens (including phenoxy) is 1. The fourth-order valence-electron chi connectivity index (χ4n) is 2.28. The standard InChI is InChI=1S/C14H26N2O4/c1-10(2)12(13(17)18)8-15-14(19)16(3)9-11-6-4-5-7-20-11/h10-12H,4-9H2,1-3H3,(H,15,19)(H,17,18). The monoisotopic (exact) mass is 286 g/mol. The molecule has 0 aromatic rings. The molecule has 0 spiro atoms. The summed E-state index contributed by atoms with van der Waals surface area (Å²) in [6, 6.07) is -0.244. The Morgan fingerprint density at radius 2 is 2.10 bits per heavy atom. The molecule has 0 radical (unpaired) electrons. The van der Waals surface area contributed by atoms with Gasteiger partial charge in [0.05, 0.1) is 12.0 Å². The number of carbonyl (C=O) groups is 2. The molecule has 1 fully saturated rings. The average Bonchev–Trinajstić information content (AvgIpc) is 2.38. The first kappa shape index (κ1) is 16.8. The van der Waals surface area contributed by atoms with Gasteiger partial charge in [0.1, 0.15) is 0 Å². The maximum Gasteiger partial charge on any atom is 0.317 e. The molecule has 1 saturated heterocycles. The van der Waals surface area contributed by atoms with Gasteiger partial charge in [0.25, 0.3) is 0 Å². The van der Waals surface area contributed by atoms with Gasteiger partial charge in [0, 0.05) is 26.7 Å².